The first kappa shape index (κ1) is 21.5. The van der Waals surface area contributed by atoms with Crippen LogP contribution in [-0.2, 0) is 16.6 Å². The topological polar surface area (TPSA) is 105 Å². The molecule has 1 N–H and O–H groups in total. The van der Waals surface area contributed by atoms with Gasteiger partial charge in [-0.1, -0.05) is 36.2 Å². The summed E-state index contributed by atoms with van der Waals surface area (Å²) in [6.07, 6.45) is 2.80. The number of hydrogen-bond donors (Lipinski definition) is 1. The molecule has 0 bridgehead atoms. The van der Waals surface area contributed by atoms with E-state index in [0.29, 0.717) is 23.7 Å². The van der Waals surface area contributed by atoms with E-state index in [-0.39, 0.29) is 23.2 Å². The molecular weight excluding hydrogens is 440 g/mol. The van der Waals surface area contributed by atoms with Crippen molar-refractivity contribution >= 4 is 27.5 Å². The van der Waals surface area contributed by atoms with Gasteiger partial charge >= 0.3 is 11.8 Å². The first-order chi connectivity index (χ1) is 14.9. The van der Waals surface area contributed by atoms with Crippen LogP contribution in [0.15, 0.2) is 57.8 Å². The van der Waals surface area contributed by atoms with Gasteiger partial charge in [0.2, 0.25) is 15.9 Å². The molecule has 10 heteroatoms. The number of carbonyl (C=O) groups is 1. The molecule has 0 spiro atoms. The zero-order valence-electron chi connectivity index (χ0n) is 16.6. The summed E-state index contributed by atoms with van der Waals surface area (Å²) in [4.78, 5) is 12.5. The molecule has 2 heterocycles. The van der Waals surface area contributed by atoms with Crippen LogP contribution in [0, 0.1) is 0 Å². The minimum Gasteiger partial charge on any atom is -0.412 e. The van der Waals surface area contributed by atoms with Crippen LogP contribution < -0.4 is 5.32 Å². The Bertz CT molecular complexity index is 1170. The number of halogens is 1. The van der Waals surface area contributed by atoms with Gasteiger partial charge in [-0.05, 0) is 48.7 Å². The van der Waals surface area contributed by atoms with Gasteiger partial charge < -0.3 is 9.73 Å². The first-order valence-electron chi connectivity index (χ1n) is 9.91. The van der Waals surface area contributed by atoms with E-state index in [4.69, 9.17) is 16.0 Å². The van der Waals surface area contributed by atoms with Gasteiger partial charge in [0.1, 0.15) is 0 Å². The maximum Gasteiger partial charge on any atom is 0.309 e. The normalized spacial score (nSPS) is 15.0. The number of piperidine rings is 1. The summed E-state index contributed by atoms with van der Waals surface area (Å²) >= 11 is 6.08. The number of carbonyl (C=O) groups excluding carboxylic acids is 1. The molecule has 1 aromatic heterocycles. The molecule has 31 heavy (non-hydrogen) atoms. The molecule has 4 rings (SSSR count). The van der Waals surface area contributed by atoms with Crippen molar-refractivity contribution < 1.29 is 17.6 Å². The molecule has 1 aliphatic rings. The summed E-state index contributed by atoms with van der Waals surface area (Å²) in [5.74, 6) is -0.583. The lowest BCUT2D eigenvalue weighted by Crippen LogP contribution is -2.35. The van der Waals surface area contributed by atoms with Gasteiger partial charge in [-0.25, -0.2) is 8.42 Å². The van der Waals surface area contributed by atoms with Gasteiger partial charge in [-0.2, -0.15) is 4.31 Å². The van der Waals surface area contributed by atoms with E-state index in [2.05, 4.69) is 15.5 Å². The minimum absolute atomic E-state index is 0.129. The van der Waals surface area contributed by atoms with Crippen LogP contribution in [-0.4, -0.2) is 41.9 Å². The SMILES string of the molecule is O=C(NCc1ccccc1Cl)c1nnc(-c2ccc(S(=O)(=O)N3CCCCC3)cc2)o1. The molecule has 1 saturated heterocycles. The maximum absolute atomic E-state index is 12.8. The molecule has 1 aliphatic heterocycles. The number of hydrogen-bond acceptors (Lipinski definition) is 6. The van der Waals surface area contributed by atoms with Crippen molar-refractivity contribution in [1.29, 1.82) is 0 Å². The standard InChI is InChI=1S/C21H21ClN4O4S/c22-18-7-3-2-6-16(18)14-23-19(27)21-25-24-20(30-21)15-8-10-17(11-9-15)31(28,29)26-12-4-1-5-13-26/h2-3,6-11H,1,4-5,12-14H2,(H,23,27). The second-order valence-corrected chi connectivity index (χ2v) is 9.52. The quantitative estimate of drug-likeness (QED) is 0.603. The molecule has 0 radical (unpaired) electrons. The van der Waals surface area contributed by atoms with Crippen LogP contribution in [0.1, 0.15) is 35.5 Å². The first-order valence-corrected chi connectivity index (χ1v) is 11.7. The fraction of sp³-hybridized carbons (Fsp3) is 0.286. The van der Waals surface area contributed by atoms with Crippen molar-refractivity contribution in [3.8, 4) is 11.5 Å². The summed E-state index contributed by atoms with van der Waals surface area (Å²) < 4.78 is 32.5. The lowest BCUT2D eigenvalue weighted by molar-refractivity contribution is 0.0917. The third-order valence-electron chi connectivity index (χ3n) is 5.07. The van der Waals surface area contributed by atoms with Crippen LogP contribution in [0.2, 0.25) is 5.02 Å². The predicted molar refractivity (Wildman–Crippen MR) is 115 cm³/mol. The van der Waals surface area contributed by atoms with Gasteiger partial charge in [0.15, 0.2) is 0 Å². The van der Waals surface area contributed by atoms with E-state index in [1.807, 2.05) is 6.07 Å². The van der Waals surface area contributed by atoms with Crippen LogP contribution in [0.3, 0.4) is 0 Å². The number of nitrogens with one attached hydrogen (secondary N) is 1. The monoisotopic (exact) mass is 460 g/mol. The zero-order valence-corrected chi connectivity index (χ0v) is 18.2. The molecule has 3 aromatic rings. The van der Waals surface area contributed by atoms with Gasteiger partial charge in [-0.3, -0.25) is 4.79 Å². The number of amides is 1. The van der Waals surface area contributed by atoms with E-state index in [0.717, 1.165) is 24.8 Å². The second-order valence-electron chi connectivity index (χ2n) is 7.18. The van der Waals surface area contributed by atoms with Crippen molar-refractivity contribution in [3.05, 3.63) is 65.0 Å². The Kier molecular flexibility index (Phi) is 6.35. The average molecular weight is 461 g/mol. The van der Waals surface area contributed by atoms with Gasteiger partial charge in [-0.15, -0.1) is 10.2 Å². The summed E-state index contributed by atoms with van der Waals surface area (Å²) in [6.45, 7) is 1.31. The largest absolute Gasteiger partial charge is 0.412 e. The molecule has 0 atom stereocenters. The highest BCUT2D eigenvalue weighted by Crippen LogP contribution is 2.24. The third-order valence-corrected chi connectivity index (χ3v) is 7.35. The highest BCUT2D eigenvalue weighted by Gasteiger charge is 2.26. The number of benzene rings is 2. The average Bonchev–Trinajstić information content (AvgIpc) is 3.29. The number of rotatable bonds is 6. The Morgan fingerprint density at radius 3 is 2.45 bits per heavy atom. The Labute approximate surface area is 185 Å². The van der Waals surface area contributed by atoms with Gasteiger partial charge in [0, 0.05) is 30.2 Å². The van der Waals surface area contributed by atoms with E-state index in [1.54, 1.807) is 30.3 Å². The molecule has 1 fully saturated rings. The summed E-state index contributed by atoms with van der Waals surface area (Å²) in [6, 6.07) is 13.4. The van der Waals surface area contributed by atoms with E-state index < -0.39 is 15.9 Å². The van der Waals surface area contributed by atoms with Gasteiger partial charge in [0.25, 0.3) is 0 Å². The third kappa shape index (κ3) is 4.79. The predicted octanol–water partition coefficient (Wildman–Crippen LogP) is 3.49. The molecule has 2 aromatic carbocycles. The van der Waals surface area contributed by atoms with Crippen molar-refractivity contribution in [2.75, 3.05) is 13.1 Å². The van der Waals surface area contributed by atoms with Crippen LogP contribution in [0.25, 0.3) is 11.5 Å². The van der Waals surface area contributed by atoms with Crippen LogP contribution >= 0.6 is 11.6 Å². The van der Waals surface area contributed by atoms with Crippen LogP contribution in [0.4, 0.5) is 0 Å². The second kappa shape index (κ2) is 9.17. The fourth-order valence-electron chi connectivity index (χ4n) is 3.35. The Morgan fingerprint density at radius 1 is 1.03 bits per heavy atom. The van der Waals surface area contributed by atoms with Crippen molar-refractivity contribution in [2.45, 2.75) is 30.7 Å². The van der Waals surface area contributed by atoms with Crippen molar-refractivity contribution in [3.63, 3.8) is 0 Å². The van der Waals surface area contributed by atoms with E-state index in [9.17, 15) is 13.2 Å². The minimum atomic E-state index is -3.51. The molecule has 8 nitrogen and oxygen atoms in total. The fourth-order valence-corrected chi connectivity index (χ4v) is 5.07. The summed E-state index contributed by atoms with van der Waals surface area (Å²) in [5, 5.41) is 10.9. The molecule has 1 amide bonds. The smallest absolute Gasteiger partial charge is 0.309 e. The summed E-state index contributed by atoms with van der Waals surface area (Å²) in [7, 11) is -3.51. The number of aromatic nitrogens is 2. The Hall–Kier alpha value is -2.75. The van der Waals surface area contributed by atoms with E-state index in [1.165, 1.54) is 16.4 Å². The molecule has 0 unspecified atom stereocenters. The molecule has 162 valence electrons. The maximum atomic E-state index is 12.8. The number of nitrogens with zero attached hydrogens (tertiary/aromatic N) is 3. The van der Waals surface area contributed by atoms with E-state index >= 15 is 0 Å². The lowest BCUT2D eigenvalue weighted by Gasteiger charge is -2.25. The molecular formula is C21H21ClN4O4S. The summed E-state index contributed by atoms with van der Waals surface area (Å²) in [5.41, 5.74) is 1.29. The molecule has 0 saturated carbocycles. The van der Waals surface area contributed by atoms with Crippen molar-refractivity contribution in [2.24, 2.45) is 0 Å². The van der Waals surface area contributed by atoms with Crippen molar-refractivity contribution in [1.82, 2.24) is 19.8 Å². The number of sulfonamides is 1. The zero-order chi connectivity index (χ0) is 21.8. The van der Waals surface area contributed by atoms with Gasteiger partial charge in [0.05, 0.1) is 4.90 Å². The Morgan fingerprint density at radius 2 is 1.74 bits per heavy atom. The highest BCUT2D eigenvalue weighted by atomic mass is 35.5. The Balaban J connectivity index is 1.44. The molecule has 0 aliphatic carbocycles. The van der Waals surface area contributed by atoms with Crippen LogP contribution in [0.5, 0.6) is 0 Å². The lowest BCUT2D eigenvalue weighted by atomic mass is 10.2. The highest BCUT2D eigenvalue weighted by molar-refractivity contribution is 7.89.